The maximum Gasteiger partial charge on any atom is 0.307 e. The van der Waals surface area contributed by atoms with E-state index < -0.39 is 11.3 Å². The van der Waals surface area contributed by atoms with Crippen molar-refractivity contribution in [3.63, 3.8) is 0 Å². The standard InChI is InChI=1S/C12H10ClNO3/c1-7(15)12(13)10-4-8(6-14)2-3-9(10)5-11(16)17/h2-4,12H,5H2,1H3,(H,16,17). The molecule has 0 saturated heterocycles. The number of ketones is 1. The molecule has 88 valence electrons. The molecule has 17 heavy (non-hydrogen) atoms. The minimum Gasteiger partial charge on any atom is -0.481 e. The number of carbonyl (C=O) groups is 2. The number of aliphatic carboxylic acids is 1. The largest absolute Gasteiger partial charge is 0.481 e. The highest BCUT2D eigenvalue weighted by Gasteiger charge is 2.18. The van der Waals surface area contributed by atoms with Gasteiger partial charge < -0.3 is 5.11 Å². The van der Waals surface area contributed by atoms with Crippen molar-refractivity contribution >= 4 is 23.4 Å². The molecule has 0 saturated carbocycles. The van der Waals surface area contributed by atoms with Crippen LogP contribution in [0.15, 0.2) is 18.2 Å². The number of halogens is 1. The van der Waals surface area contributed by atoms with Crippen molar-refractivity contribution in [1.29, 1.82) is 5.26 Å². The van der Waals surface area contributed by atoms with Gasteiger partial charge in [0.1, 0.15) is 5.38 Å². The summed E-state index contributed by atoms with van der Waals surface area (Å²) in [6, 6.07) is 6.40. The highest BCUT2D eigenvalue weighted by Crippen LogP contribution is 2.26. The van der Waals surface area contributed by atoms with Crippen LogP contribution in [0.5, 0.6) is 0 Å². The summed E-state index contributed by atoms with van der Waals surface area (Å²) in [6.07, 6.45) is -0.225. The molecule has 1 atom stereocenters. The van der Waals surface area contributed by atoms with E-state index in [0.29, 0.717) is 16.7 Å². The summed E-state index contributed by atoms with van der Waals surface area (Å²) in [4.78, 5) is 21.9. The van der Waals surface area contributed by atoms with E-state index in [1.165, 1.54) is 25.1 Å². The van der Waals surface area contributed by atoms with Gasteiger partial charge in [0.15, 0.2) is 5.78 Å². The number of rotatable bonds is 4. The second-order valence-corrected chi connectivity index (χ2v) is 4.01. The molecule has 1 rings (SSSR count). The summed E-state index contributed by atoms with van der Waals surface area (Å²) >= 11 is 5.91. The fraction of sp³-hybridized carbons (Fsp3) is 0.250. The number of nitrogens with zero attached hydrogens (tertiary/aromatic N) is 1. The Balaban J connectivity index is 3.26. The first-order valence-corrected chi connectivity index (χ1v) is 5.28. The van der Waals surface area contributed by atoms with Crippen molar-refractivity contribution in [2.24, 2.45) is 0 Å². The number of carbonyl (C=O) groups excluding carboxylic acids is 1. The zero-order valence-electron chi connectivity index (χ0n) is 9.11. The molecule has 0 amide bonds. The van der Waals surface area contributed by atoms with Crippen molar-refractivity contribution in [3.05, 3.63) is 34.9 Å². The highest BCUT2D eigenvalue weighted by atomic mass is 35.5. The molecule has 0 aliphatic heterocycles. The van der Waals surface area contributed by atoms with Gasteiger partial charge in [-0.2, -0.15) is 5.26 Å². The molecule has 0 fully saturated rings. The Kier molecular flexibility index (Phi) is 4.24. The fourth-order valence-corrected chi connectivity index (χ4v) is 1.65. The number of hydrogen-bond acceptors (Lipinski definition) is 3. The van der Waals surface area contributed by atoms with Crippen LogP contribution >= 0.6 is 11.6 Å². The summed E-state index contributed by atoms with van der Waals surface area (Å²) in [6.45, 7) is 1.32. The van der Waals surface area contributed by atoms with Crippen LogP contribution in [0.2, 0.25) is 0 Å². The van der Waals surface area contributed by atoms with Crippen LogP contribution in [0.4, 0.5) is 0 Å². The number of carboxylic acid groups (broad SMARTS) is 1. The monoisotopic (exact) mass is 251 g/mol. The third-order valence-corrected chi connectivity index (χ3v) is 2.79. The zero-order chi connectivity index (χ0) is 13.0. The van der Waals surface area contributed by atoms with Gasteiger partial charge in [0.25, 0.3) is 0 Å². The minimum absolute atomic E-state index is 0.225. The Morgan fingerprint density at radius 1 is 1.53 bits per heavy atom. The van der Waals surface area contributed by atoms with Crippen molar-refractivity contribution in [1.82, 2.24) is 0 Å². The van der Waals surface area contributed by atoms with Crippen molar-refractivity contribution in [2.75, 3.05) is 0 Å². The molecular weight excluding hydrogens is 242 g/mol. The second-order valence-electron chi connectivity index (χ2n) is 3.57. The van der Waals surface area contributed by atoms with Gasteiger partial charge in [-0.25, -0.2) is 0 Å². The third-order valence-electron chi connectivity index (χ3n) is 2.25. The minimum atomic E-state index is -1.01. The average Bonchev–Trinajstić information content (AvgIpc) is 2.27. The second kappa shape index (κ2) is 5.46. The SMILES string of the molecule is CC(=O)C(Cl)c1cc(C#N)ccc1CC(=O)O. The summed E-state index contributed by atoms with van der Waals surface area (Å²) < 4.78 is 0. The number of Topliss-reactive ketones (excluding diaryl/α,β-unsaturated/α-hetero) is 1. The lowest BCUT2D eigenvalue weighted by Gasteiger charge is -2.11. The Bertz CT molecular complexity index is 505. The van der Waals surface area contributed by atoms with Gasteiger partial charge in [0, 0.05) is 0 Å². The Morgan fingerprint density at radius 3 is 2.65 bits per heavy atom. The summed E-state index contributed by atoms with van der Waals surface area (Å²) in [7, 11) is 0. The summed E-state index contributed by atoms with van der Waals surface area (Å²) in [5.74, 6) is -1.29. The van der Waals surface area contributed by atoms with Crippen LogP contribution in [0, 0.1) is 11.3 Å². The van der Waals surface area contributed by atoms with E-state index in [9.17, 15) is 9.59 Å². The normalized spacial score (nSPS) is 11.6. The quantitative estimate of drug-likeness (QED) is 0.831. The summed E-state index contributed by atoms with van der Waals surface area (Å²) in [5, 5.41) is 16.6. The average molecular weight is 252 g/mol. The van der Waals surface area contributed by atoms with Crippen LogP contribution in [0.25, 0.3) is 0 Å². The molecule has 0 aromatic heterocycles. The molecule has 0 aliphatic carbocycles. The van der Waals surface area contributed by atoms with Gasteiger partial charge in [-0.1, -0.05) is 6.07 Å². The van der Waals surface area contributed by atoms with Gasteiger partial charge in [0.05, 0.1) is 18.1 Å². The first-order chi connectivity index (χ1) is 7.95. The van der Waals surface area contributed by atoms with Gasteiger partial charge >= 0.3 is 5.97 Å². The fourth-order valence-electron chi connectivity index (χ4n) is 1.44. The molecule has 5 heteroatoms. The predicted octanol–water partition coefficient (Wildman–Crippen LogP) is 2.05. The van der Waals surface area contributed by atoms with E-state index in [1.54, 1.807) is 0 Å². The van der Waals surface area contributed by atoms with E-state index >= 15 is 0 Å². The topological polar surface area (TPSA) is 78.2 Å². The number of carboxylic acids is 1. The predicted molar refractivity (Wildman–Crippen MR) is 61.8 cm³/mol. The van der Waals surface area contributed by atoms with Crippen LogP contribution in [0.3, 0.4) is 0 Å². The lowest BCUT2D eigenvalue weighted by Crippen LogP contribution is -2.09. The maximum absolute atomic E-state index is 11.2. The lowest BCUT2D eigenvalue weighted by atomic mass is 9.97. The molecule has 0 radical (unpaired) electrons. The van der Waals surface area contributed by atoms with Crippen LogP contribution < -0.4 is 0 Å². The van der Waals surface area contributed by atoms with Crippen molar-refractivity contribution < 1.29 is 14.7 Å². The molecule has 1 N–H and O–H groups in total. The molecule has 1 aromatic rings. The maximum atomic E-state index is 11.2. The number of benzene rings is 1. The number of alkyl halides is 1. The molecule has 1 unspecified atom stereocenters. The molecule has 0 spiro atoms. The molecule has 1 aromatic carbocycles. The van der Waals surface area contributed by atoms with Crippen LogP contribution in [-0.4, -0.2) is 16.9 Å². The van der Waals surface area contributed by atoms with E-state index in [1.807, 2.05) is 6.07 Å². The molecular formula is C12H10ClNO3. The van der Waals surface area contributed by atoms with Gasteiger partial charge in [-0.05, 0) is 30.2 Å². The molecule has 0 bridgehead atoms. The Labute approximate surface area is 103 Å². The Morgan fingerprint density at radius 2 is 2.18 bits per heavy atom. The molecule has 0 heterocycles. The number of nitriles is 1. The van der Waals surface area contributed by atoms with E-state index in [2.05, 4.69) is 0 Å². The van der Waals surface area contributed by atoms with Gasteiger partial charge in [-0.15, -0.1) is 11.6 Å². The number of hydrogen-bond donors (Lipinski definition) is 1. The van der Waals surface area contributed by atoms with Crippen LogP contribution in [-0.2, 0) is 16.0 Å². The van der Waals surface area contributed by atoms with Gasteiger partial charge in [0.2, 0.25) is 0 Å². The summed E-state index contributed by atoms with van der Waals surface area (Å²) in [5.41, 5.74) is 1.19. The molecule has 0 aliphatic rings. The van der Waals surface area contributed by atoms with Crippen LogP contribution in [0.1, 0.15) is 29.0 Å². The van der Waals surface area contributed by atoms with E-state index in [0.717, 1.165) is 0 Å². The first kappa shape index (κ1) is 13.2. The van der Waals surface area contributed by atoms with Crippen molar-refractivity contribution in [3.8, 4) is 6.07 Å². The Hall–Kier alpha value is -1.86. The zero-order valence-corrected chi connectivity index (χ0v) is 9.86. The smallest absolute Gasteiger partial charge is 0.307 e. The lowest BCUT2D eigenvalue weighted by molar-refractivity contribution is -0.136. The van der Waals surface area contributed by atoms with E-state index in [4.69, 9.17) is 22.0 Å². The van der Waals surface area contributed by atoms with Crippen molar-refractivity contribution in [2.45, 2.75) is 18.7 Å². The molecule has 4 nitrogen and oxygen atoms in total. The highest BCUT2D eigenvalue weighted by molar-refractivity contribution is 6.31. The third kappa shape index (κ3) is 3.30. The van der Waals surface area contributed by atoms with Gasteiger partial charge in [-0.3, -0.25) is 9.59 Å². The first-order valence-electron chi connectivity index (χ1n) is 4.85. The van der Waals surface area contributed by atoms with E-state index in [-0.39, 0.29) is 12.2 Å².